The van der Waals surface area contributed by atoms with Gasteiger partial charge in [0.1, 0.15) is 5.82 Å². The van der Waals surface area contributed by atoms with Crippen molar-refractivity contribution in [2.75, 3.05) is 24.5 Å². The Labute approximate surface area is 127 Å². The molecule has 2 fully saturated rings. The first kappa shape index (κ1) is 13.2. The van der Waals surface area contributed by atoms with Crippen LogP contribution in [0.15, 0.2) is 22.9 Å². The van der Waals surface area contributed by atoms with Gasteiger partial charge in [-0.05, 0) is 31.9 Å². The fourth-order valence-electron chi connectivity index (χ4n) is 2.77. The van der Waals surface area contributed by atoms with Gasteiger partial charge >= 0.3 is 0 Å². The van der Waals surface area contributed by atoms with Crippen LogP contribution in [0.4, 0.5) is 5.82 Å². The number of piperazine rings is 1. The van der Waals surface area contributed by atoms with Crippen molar-refractivity contribution in [3.63, 3.8) is 0 Å². The van der Waals surface area contributed by atoms with Gasteiger partial charge < -0.3 is 14.3 Å². The van der Waals surface area contributed by atoms with Crippen molar-refractivity contribution in [2.24, 2.45) is 0 Å². The van der Waals surface area contributed by atoms with E-state index < -0.39 is 0 Å². The fraction of sp³-hybridized carbons (Fsp3) is 0.467. The molecule has 1 saturated carbocycles. The summed E-state index contributed by atoms with van der Waals surface area (Å²) in [5.74, 6) is 2.07. The van der Waals surface area contributed by atoms with Gasteiger partial charge in [-0.1, -0.05) is 5.16 Å². The van der Waals surface area contributed by atoms with E-state index >= 15 is 0 Å². The summed E-state index contributed by atoms with van der Waals surface area (Å²) >= 11 is 0. The van der Waals surface area contributed by atoms with Crippen molar-refractivity contribution < 1.29 is 9.32 Å². The van der Waals surface area contributed by atoms with Crippen molar-refractivity contribution in [1.82, 2.24) is 20.0 Å². The van der Waals surface area contributed by atoms with E-state index in [0.29, 0.717) is 24.3 Å². The number of hydrogen-bond donors (Lipinski definition) is 0. The van der Waals surface area contributed by atoms with Gasteiger partial charge in [0.05, 0.1) is 12.1 Å². The first-order valence-electron chi connectivity index (χ1n) is 7.52. The zero-order valence-corrected chi connectivity index (χ0v) is 12.4. The summed E-state index contributed by atoms with van der Waals surface area (Å²) < 4.78 is 5.12. The molecular weight excluding hydrogens is 282 g/mol. The van der Waals surface area contributed by atoms with Crippen molar-refractivity contribution in [3.8, 4) is 11.5 Å². The lowest BCUT2D eigenvalue weighted by Gasteiger charge is -2.35. The van der Waals surface area contributed by atoms with Crippen molar-refractivity contribution in [2.45, 2.75) is 25.8 Å². The topological polar surface area (TPSA) is 75.4 Å². The van der Waals surface area contributed by atoms with Gasteiger partial charge in [-0.3, -0.25) is 4.79 Å². The highest BCUT2D eigenvalue weighted by atomic mass is 16.5. The molecule has 0 aromatic carbocycles. The molecule has 2 aliphatic rings. The molecule has 1 aliphatic carbocycles. The summed E-state index contributed by atoms with van der Waals surface area (Å²) in [6.45, 7) is 3.80. The lowest BCUT2D eigenvalue weighted by Crippen LogP contribution is -2.51. The van der Waals surface area contributed by atoms with Crippen LogP contribution in [0.5, 0.6) is 0 Å². The number of anilines is 1. The van der Waals surface area contributed by atoms with Gasteiger partial charge in [-0.15, -0.1) is 0 Å². The molecule has 1 saturated heterocycles. The Balaban J connectivity index is 1.48. The van der Waals surface area contributed by atoms with E-state index in [4.69, 9.17) is 4.52 Å². The van der Waals surface area contributed by atoms with E-state index in [0.717, 1.165) is 37.3 Å². The van der Waals surface area contributed by atoms with Crippen LogP contribution in [0.2, 0.25) is 0 Å². The van der Waals surface area contributed by atoms with Crippen LogP contribution in [0.1, 0.15) is 18.7 Å². The highest BCUT2D eigenvalue weighted by Gasteiger charge is 2.35. The summed E-state index contributed by atoms with van der Waals surface area (Å²) in [5, 5.41) is 3.77. The summed E-state index contributed by atoms with van der Waals surface area (Å²) in [7, 11) is 0. The standard InChI is InChI=1S/C15H17N5O2/c1-10-17-15(22-18-10)11-2-5-13(16-8-11)19-6-7-20(12-3-4-12)14(21)9-19/h2,5,8,12H,3-4,6-7,9H2,1H3. The molecule has 3 heterocycles. The minimum Gasteiger partial charge on any atom is -0.346 e. The zero-order valence-electron chi connectivity index (χ0n) is 12.4. The monoisotopic (exact) mass is 299 g/mol. The second-order valence-electron chi connectivity index (χ2n) is 5.79. The van der Waals surface area contributed by atoms with Crippen LogP contribution in [-0.2, 0) is 4.79 Å². The van der Waals surface area contributed by atoms with Crippen LogP contribution < -0.4 is 4.90 Å². The highest BCUT2D eigenvalue weighted by molar-refractivity contribution is 5.83. The first-order chi connectivity index (χ1) is 10.7. The third kappa shape index (κ3) is 2.43. The lowest BCUT2D eigenvalue weighted by atomic mass is 10.2. The van der Waals surface area contributed by atoms with Crippen LogP contribution in [0.3, 0.4) is 0 Å². The first-order valence-corrected chi connectivity index (χ1v) is 7.52. The predicted molar refractivity (Wildman–Crippen MR) is 79.2 cm³/mol. The van der Waals surface area contributed by atoms with Crippen LogP contribution in [0, 0.1) is 6.92 Å². The number of carbonyl (C=O) groups is 1. The normalized spacial score (nSPS) is 18.9. The molecule has 7 nitrogen and oxygen atoms in total. The molecule has 0 radical (unpaired) electrons. The van der Waals surface area contributed by atoms with Gasteiger partial charge in [0.25, 0.3) is 5.89 Å². The molecule has 22 heavy (non-hydrogen) atoms. The molecule has 4 rings (SSSR count). The van der Waals surface area contributed by atoms with E-state index in [2.05, 4.69) is 15.1 Å². The fourth-order valence-corrected chi connectivity index (χ4v) is 2.77. The third-order valence-corrected chi connectivity index (χ3v) is 4.09. The number of rotatable bonds is 3. The number of hydrogen-bond acceptors (Lipinski definition) is 6. The van der Waals surface area contributed by atoms with Crippen LogP contribution in [0.25, 0.3) is 11.5 Å². The van der Waals surface area contributed by atoms with Gasteiger partial charge in [0.15, 0.2) is 5.82 Å². The van der Waals surface area contributed by atoms with Crippen molar-refractivity contribution in [1.29, 1.82) is 0 Å². The Hall–Kier alpha value is -2.44. The Kier molecular flexibility index (Phi) is 3.06. The van der Waals surface area contributed by atoms with Gasteiger partial charge in [-0.2, -0.15) is 4.98 Å². The highest BCUT2D eigenvalue weighted by Crippen LogP contribution is 2.29. The SMILES string of the molecule is Cc1noc(-c2ccc(N3CCN(C4CC4)C(=O)C3)nc2)n1. The Morgan fingerprint density at radius 2 is 2.14 bits per heavy atom. The quantitative estimate of drug-likeness (QED) is 0.849. The maximum Gasteiger partial charge on any atom is 0.259 e. The van der Waals surface area contributed by atoms with Crippen LogP contribution >= 0.6 is 0 Å². The van der Waals surface area contributed by atoms with Crippen molar-refractivity contribution >= 4 is 11.7 Å². The van der Waals surface area contributed by atoms with Gasteiger partial charge in [0, 0.05) is 25.3 Å². The predicted octanol–water partition coefficient (Wildman–Crippen LogP) is 1.25. The van der Waals surface area contributed by atoms with Crippen LogP contribution in [-0.4, -0.2) is 51.6 Å². The average molecular weight is 299 g/mol. The summed E-state index contributed by atoms with van der Waals surface area (Å²) in [6, 6.07) is 4.29. The van der Waals surface area contributed by atoms with E-state index in [9.17, 15) is 4.79 Å². The molecule has 0 atom stereocenters. The number of carbonyl (C=O) groups excluding carboxylic acids is 1. The molecule has 114 valence electrons. The number of nitrogens with zero attached hydrogens (tertiary/aromatic N) is 5. The molecule has 2 aromatic rings. The number of pyridine rings is 1. The molecular formula is C15H17N5O2. The Morgan fingerprint density at radius 1 is 1.27 bits per heavy atom. The van der Waals surface area contributed by atoms with E-state index in [1.807, 2.05) is 21.9 Å². The second-order valence-corrected chi connectivity index (χ2v) is 5.79. The molecule has 2 aromatic heterocycles. The maximum atomic E-state index is 12.2. The molecule has 1 aliphatic heterocycles. The zero-order chi connectivity index (χ0) is 15.1. The van der Waals surface area contributed by atoms with Crippen molar-refractivity contribution in [3.05, 3.63) is 24.2 Å². The van der Waals surface area contributed by atoms with E-state index in [1.165, 1.54) is 0 Å². The minimum atomic E-state index is 0.201. The van der Waals surface area contributed by atoms with E-state index in [-0.39, 0.29) is 5.91 Å². The second kappa shape index (κ2) is 5.08. The number of aromatic nitrogens is 3. The number of aryl methyl sites for hydroxylation is 1. The smallest absolute Gasteiger partial charge is 0.259 e. The number of amides is 1. The molecule has 0 bridgehead atoms. The molecule has 7 heteroatoms. The average Bonchev–Trinajstić information content (AvgIpc) is 3.28. The minimum absolute atomic E-state index is 0.201. The molecule has 0 unspecified atom stereocenters. The van der Waals surface area contributed by atoms with Gasteiger partial charge in [0.2, 0.25) is 5.91 Å². The summed E-state index contributed by atoms with van der Waals surface area (Å²) in [4.78, 5) is 24.8. The maximum absolute atomic E-state index is 12.2. The molecule has 0 N–H and O–H groups in total. The molecule has 0 spiro atoms. The lowest BCUT2D eigenvalue weighted by molar-refractivity contribution is -0.131. The largest absolute Gasteiger partial charge is 0.346 e. The van der Waals surface area contributed by atoms with Gasteiger partial charge in [-0.25, -0.2) is 4.98 Å². The Bertz CT molecular complexity index is 692. The summed E-state index contributed by atoms with van der Waals surface area (Å²) in [5.41, 5.74) is 0.785. The molecule has 1 amide bonds. The summed E-state index contributed by atoms with van der Waals surface area (Å²) in [6.07, 6.45) is 4.02. The Morgan fingerprint density at radius 3 is 2.73 bits per heavy atom. The third-order valence-electron chi connectivity index (χ3n) is 4.09. The van der Waals surface area contributed by atoms with E-state index in [1.54, 1.807) is 13.1 Å².